The number of sulfone groups is 2. The Hall–Kier alpha value is -2.30. The van der Waals surface area contributed by atoms with Crippen LogP contribution in [0.15, 0.2) is 21.2 Å². The summed E-state index contributed by atoms with van der Waals surface area (Å²) in [4.78, 5) is 0. The van der Waals surface area contributed by atoms with Crippen molar-refractivity contribution in [3.05, 3.63) is 23.5 Å². The van der Waals surface area contributed by atoms with Gasteiger partial charge in [0.1, 0.15) is 0 Å². The largest absolute Gasteiger partial charge is 0.395 e. The van der Waals surface area contributed by atoms with Crippen LogP contribution in [0.3, 0.4) is 0 Å². The normalized spacial score (nSPS) is 15.9. The number of aliphatic hydroxyl groups is 1. The predicted molar refractivity (Wildman–Crippen MR) is 188 cm³/mol. The van der Waals surface area contributed by atoms with Crippen LogP contribution in [0.2, 0.25) is 0 Å². The highest BCUT2D eigenvalue weighted by Gasteiger charge is 2.41. The molecule has 1 fully saturated rings. The lowest BCUT2D eigenvalue weighted by Gasteiger charge is -2.32. The van der Waals surface area contributed by atoms with E-state index in [0.717, 1.165) is 5.69 Å². The first kappa shape index (κ1) is 42.9. The molecule has 0 amide bonds. The van der Waals surface area contributed by atoms with Gasteiger partial charge in [0, 0.05) is 62.1 Å². The molecular formula is C33H58F2N4O8S2. The molecule has 2 aromatic rings. The zero-order valence-electron chi connectivity index (χ0n) is 30.8. The molecule has 3 rings (SSSR count). The van der Waals surface area contributed by atoms with Gasteiger partial charge in [0.05, 0.1) is 38.5 Å². The van der Waals surface area contributed by atoms with Crippen LogP contribution in [0.5, 0.6) is 0 Å². The highest BCUT2D eigenvalue weighted by Crippen LogP contribution is 2.30. The molecule has 0 unspecified atom stereocenters. The summed E-state index contributed by atoms with van der Waals surface area (Å²) >= 11 is 0. The van der Waals surface area contributed by atoms with Gasteiger partial charge >= 0.3 is 0 Å². The highest BCUT2D eigenvalue weighted by atomic mass is 32.2. The smallest absolute Gasteiger partial charge is 0.247 e. The second-order valence-corrected chi connectivity index (χ2v) is 21.3. The lowest BCUT2D eigenvalue weighted by molar-refractivity contribution is -0.0117. The molecule has 1 saturated heterocycles. The van der Waals surface area contributed by atoms with E-state index in [1.165, 1.54) is 6.92 Å². The van der Waals surface area contributed by atoms with Crippen molar-refractivity contribution < 1.29 is 44.5 Å². The Labute approximate surface area is 291 Å². The third-order valence-electron chi connectivity index (χ3n) is 8.95. The van der Waals surface area contributed by atoms with E-state index in [-0.39, 0.29) is 49.0 Å². The van der Waals surface area contributed by atoms with Gasteiger partial charge in [-0.3, -0.25) is 0 Å². The quantitative estimate of drug-likeness (QED) is 0.180. The van der Waals surface area contributed by atoms with E-state index in [1.54, 1.807) is 47.6 Å². The maximum Gasteiger partial charge on any atom is 0.247 e. The number of ether oxygens (including phenoxy) is 1. The molecule has 49 heavy (non-hydrogen) atoms. The molecule has 12 nitrogen and oxygen atoms in total. The summed E-state index contributed by atoms with van der Waals surface area (Å²) in [6, 6.07) is 3.44. The molecule has 0 bridgehead atoms. The van der Waals surface area contributed by atoms with E-state index in [2.05, 4.69) is 20.9 Å². The van der Waals surface area contributed by atoms with Crippen molar-refractivity contribution in [2.45, 2.75) is 133 Å². The Balaban J connectivity index is 0.000000342. The number of hydrogen-bond donors (Lipinski definition) is 3. The fourth-order valence-electron chi connectivity index (χ4n) is 4.69. The van der Waals surface area contributed by atoms with Gasteiger partial charge in [-0.15, -0.1) is 0 Å². The van der Waals surface area contributed by atoms with Crippen LogP contribution < -0.4 is 10.6 Å². The molecule has 1 aliphatic heterocycles. The minimum atomic E-state index is -3.58. The second kappa shape index (κ2) is 16.4. The molecule has 284 valence electrons. The molecule has 16 heteroatoms. The maximum atomic E-state index is 13.3. The van der Waals surface area contributed by atoms with Gasteiger partial charge < -0.3 is 29.5 Å². The van der Waals surface area contributed by atoms with Crippen LogP contribution in [-0.4, -0.2) is 91.6 Å². The molecule has 0 saturated carbocycles. The van der Waals surface area contributed by atoms with Crippen LogP contribution in [0, 0.1) is 0 Å². The van der Waals surface area contributed by atoms with Crippen molar-refractivity contribution in [2.75, 3.05) is 49.3 Å². The Morgan fingerprint density at radius 2 is 1.33 bits per heavy atom. The number of rotatable bonds is 16. The Morgan fingerprint density at radius 1 is 0.837 bits per heavy atom. The van der Waals surface area contributed by atoms with Gasteiger partial charge in [0.2, 0.25) is 17.7 Å². The SMILES string of the molecule is CC(C)(C)c1cc(NCC(C)(C)S(=O)(=O)C2CCOCC2)on1.CCC(F)(F)CCCS(=O)(=O)C(C)(C)CNc1cc(C(C)(C)CO)no1. The molecule has 2 aromatic heterocycles. The van der Waals surface area contributed by atoms with Crippen molar-refractivity contribution in [3.63, 3.8) is 0 Å². The zero-order valence-corrected chi connectivity index (χ0v) is 32.4. The standard InChI is InChI=1S/C17H30F2N2O4S.C16H28N2O4S/c1-6-17(18,19)8-7-9-26(23,24)16(4,5)11-20-14-10-13(21-25-14)15(2,3)12-22;1-15(2,3)13-10-14(22-18-13)17-11-16(4,5)23(19,20)12-6-8-21-9-7-12/h10,20,22H,6-9,11-12H2,1-5H3;10,12,17H,6-9,11H2,1-5H3. The van der Waals surface area contributed by atoms with E-state index in [9.17, 15) is 30.7 Å². The third-order valence-corrected chi connectivity index (χ3v) is 14.6. The molecular weight excluding hydrogens is 683 g/mol. The molecule has 1 aliphatic rings. The van der Waals surface area contributed by atoms with E-state index >= 15 is 0 Å². The molecule has 0 aromatic carbocycles. The van der Waals surface area contributed by atoms with Crippen LogP contribution in [-0.2, 0) is 35.2 Å². The number of aromatic nitrogens is 2. The number of nitrogens with one attached hydrogen (secondary N) is 2. The van der Waals surface area contributed by atoms with Crippen molar-refractivity contribution in [1.29, 1.82) is 0 Å². The first-order valence-electron chi connectivity index (χ1n) is 16.7. The van der Waals surface area contributed by atoms with E-state index in [0.29, 0.717) is 43.5 Å². The van der Waals surface area contributed by atoms with Crippen molar-refractivity contribution in [2.24, 2.45) is 0 Å². The van der Waals surface area contributed by atoms with Crippen LogP contribution in [0.4, 0.5) is 20.5 Å². The fraction of sp³-hybridized carbons (Fsp3) is 0.818. The summed E-state index contributed by atoms with van der Waals surface area (Å²) in [7, 11) is -6.84. The first-order valence-corrected chi connectivity index (χ1v) is 19.9. The summed E-state index contributed by atoms with van der Waals surface area (Å²) in [6.07, 6.45) is 0.332. The van der Waals surface area contributed by atoms with Crippen LogP contribution in [0.25, 0.3) is 0 Å². The fourth-order valence-corrected chi connectivity index (χ4v) is 8.05. The van der Waals surface area contributed by atoms with E-state index in [1.807, 2.05) is 26.8 Å². The van der Waals surface area contributed by atoms with Gasteiger partial charge in [-0.05, 0) is 47.0 Å². The zero-order chi connectivity index (χ0) is 37.5. The topological polar surface area (TPSA) is 174 Å². The number of halogens is 2. The monoisotopic (exact) mass is 740 g/mol. The van der Waals surface area contributed by atoms with Crippen LogP contribution in [0.1, 0.15) is 113 Å². The molecule has 3 heterocycles. The molecule has 0 radical (unpaired) electrons. The van der Waals surface area contributed by atoms with Gasteiger partial charge in [0.15, 0.2) is 19.7 Å². The van der Waals surface area contributed by atoms with Gasteiger partial charge in [0.25, 0.3) is 0 Å². The van der Waals surface area contributed by atoms with Crippen LogP contribution >= 0.6 is 0 Å². The number of aliphatic hydroxyl groups excluding tert-OH is 1. The summed E-state index contributed by atoms with van der Waals surface area (Å²) in [5, 5.41) is 22.9. The Bertz CT molecular complexity index is 1540. The first-order chi connectivity index (χ1) is 22.3. The molecule has 3 N–H and O–H groups in total. The lowest BCUT2D eigenvalue weighted by atomic mass is 9.91. The van der Waals surface area contributed by atoms with E-state index < -0.39 is 46.9 Å². The Kier molecular flexibility index (Phi) is 14.3. The number of anilines is 2. The maximum absolute atomic E-state index is 13.3. The minimum Gasteiger partial charge on any atom is -0.395 e. The summed E-state index contributed by atoms with van der Waals surface area (Å²) in [6.45, 7) is 19.0. The summed E-state index contributed by atoms with van der Waals surface area (Å²) in [5.74, 6) is -2.32. The van der Waals surface area contributed by atoms with Crippen molar-refractivity contribution in [3.8, 4) is 0 Å². The minimum absolute atomic E-state index is 0.0493. The average molecular weight is 741 g/mol. The second-order valence-electron chi connectivity index (χ2n) is 15.7. The lowest BCUT2D eigenvalue weighted by Crippen LogP contribution is -2.46. The number of alkyl halides is 2. The van der Waals surface area contributed by atoms with Crippen molar-refractivity contribution >= 4 is 31.4 Å². The van der Waals surface area contributed by atoms with Gasteiger partial charge in [-0.2, -0.15) is 0 Å². The third kappa shape index (κ3) is 11.9. The number of nitrogens with zero attached hydrogens (tertiary/aromatic N) is 2. The Morgan fingerprint density at radius 3 is 1.80 bits per heavy atom. The summed E-state index contributed by atoms with van der Waals surface area (Å²) in [5.41, 5.74) is 0.706. The molecule has 0 aliphatic carbocycles. The average Bonchev–Trinajstić information content (AvgIpc) is 3.70. The molecule has 0 spiro atoms. The highest BCUT2D eigenvalue weighted by molar-refractivity contribution is 7.93. The summed E-state index contributed by atoms with van der Waals surface area (Å²) < 4.78 is 90.9. The number of hydrogen-bond acceptors (Lipinski definition) is 12. The van der Waals surface area contributed by atoms with Gasteiger partial charge in [-0.1, -0.05) is 51.9 Å². The van der Waals surface area contributed by atoms with Gasteiger partial charge in [-0.25, -0.2) is 25.6 Å². The van der Waals surface area contributed by atoms with E-state index in [4.69, 9.17) is 13.8 Å². The molecule has 0 atom stereocenters. The predicted octanol–water partition coefficient (Wildman–Crippen LogP) is 6.13. The van der Waals surface area contributed by atoms with Crippen molar-refractivity contribution in [1.82, 2.24) is 10.3 Å².